The molecule has 2 N–H and O–H groups in total. The Kier molecular flexibility index (Phi) is 5.67. The number of nitrogens with zero attached hydrogens (tertiary/aromatic N) is 1. The van der Waals surface area contributed by atoms with Gasteiger partial charge in [0.05, 0.1) is 7.11 Å². The molecule has 0 aromatic heterocycles. The Bertz CT molecular complexity index is 357. The van der Waals surface area contributed by atoms with Crippen LogP contribution in [0.1, 0.15) is 51.9 Å². The van der Waals surface area contributed by atoms with Crippen molar-refractivity contribution in [3.63, 3.8) is 0 Å². The number of methoxy groups -OCH3 is 1. The summed E-state index contributed by atoms with van der Waals surface area (Å²) in [5, 5.41) is 0. The molecule has 0 radical (unpaired) electrons. The third kappa shape index (κ3) is 4.43. The van der Waals surface area contributed by atoms with Gasteiger partial charge in [0.2, 0.25) is 0 Å². The Morgan fingerprint density at radius 2 is 2.10 bits per heavy atom. The van der Waals surface area contributed by atoms with Crippen LogP contribution in [0.5, 0.6) is 0 Å². The molecule has 0 aromatic carbocycles. The molecule has 0 heterocycles. The van der Waals surface area contributed by atoms with E-state index in [0.29, 0.717) is 6.42 Å². The molecule has 0 spiro atoms. The largest absolute Gasteiger partial charge is 0.468 e. The Balaban J connectivity index is 1.59. The third-order valence-corrected chi connectivity index (χ3v) is 5.57. The maximum Gasteiger partial charge on any atom is 0.325 e. The van der Waals surface area contributed by atoms with Crippen LogP contribution in [0.2, 0.25) is 0 Å². The molecule has 0 aromatic rings. The first-order chi connectivity index (χ1) is 9.92. The summed E-state index contributed by atoms with van der Waals surface area (Å²) in [5.74, 6) is 2.66. The predicted molar refractivity (Wildman–Crippen MR) is 84.9 cm³/mol. The molecule has 0 aliphatic heterocycles. The maximum atomic E-state index is 11.5. The second-order valence-electron chi connectivity index (χ2n) is 7.56. The quantitative estimate of drug-likeness (QED) is 0.552. The molecule has 2 aliphatic rings. The summed E-state index contributed by atoms with van der Waals surface area (Å²) in [6, 6.07) is 0. The van der Waals surface area contributed by atoms with E-state index in [1.165, 1.54) is 39.3 Å². The minimum Gasteiger partial charge on any atom is -0.468 e. The van der Waals surface area contributed by atoms with Crippen molar-refractivity contribution in [2.24, 2.45) is 23.5 Å². The highest BCUT2D eigenvalue weighted by Crippen LogP contribution is 2.48. The number of rotatable bonds is 8. The summed E-state index contributed by atoms with van der Waals surface area (Å²) in [6.45, 7) is 4.11. The zero-order chi connectivity index (χ0) is 15.5. The van der Waals surface area contributed by atoms with Crippen molar-refractivity contribution in [1.82, 2.24) is 4.90 Å². The highest BCUT2D eigenvalue weighted by molar-refractivity contribution is 5.79. The van der Waals surface area contributed by atoms with Gasteiger partial charge >= 0.3 is 5.97 Å². The summed E-state index contributed by atoms with van der Waals surface area (Å²) in [5.41, 5.74) is 5.14. The lowest BCUT2D eigenvalue weighted by Gasteiger charge is -2.27. The molecule has 4 unspecified atom stereocenters. The van der Waals surface area contributed by atoms with Gasteiger partial charge < -0.3 is 15.4 Å². The van der Waals surface area contributed by atoms with Crippen LogP contribution < -0.4 is 5.73 Å². The minimum absolute atomic E-state index is 0.308. The summed E-state index contributed by atoms with van der Waals surface area (Å²) >= 11 is 0. The maximum absolute atomic E-state index is 11.5. The lowest BCUT2D eigenvalue weighted by atomic mass is 9.88. The van der Waals surface area contributed by atoms with Crippen LogP contribution in [0.15, 0.2) is 0 Å². The Labute approximate surface area is 129 Å². The van der Waals surface area contributed by atoms with E-state index in [1.54, 1.807) is 6.92 Å². The number of carbonyl (C=O) groups is 1. The van der Waals surface area contributed by atoms with E-state index in [1.807, 2.05) is 0 Å². The van der Waals surface area contributed by atoms with Gasteiger partial charge in [-0.3, -0.25) is 4.79 Å². The van der Waals surface area contributed by atoms with Crippen LogP contribution >= 0.6 is 0 Å². The van der Waals surface area contributed by atoms with Gasteiger partial charge in [0.1, 0.15) is 5.54 Å². The van der Waals surface area contributed by atoms with Gasteiger partial charge in [-0.1, -0.05) is 6.42 Å². The number of esters is 1. The van der Waals surface area contributed by atoms with Gasteiger partial charge in [-0.15, -0.1) is 0 Å². The number of fused-ring (bicyclic) bond motifs is 2. The summed E-state index contributed by atoms with van der Waals surface area (Å²) < 4.78 is 4.74. The monoisotopic (exact) mass is 296 g/mol. The van der Waals surface area contributed by atoms with E-state index in [-0.39, 0.29) is 5.97 Å². The first-order valence-corrected chi connectivity index (χ1v) is 8.48. The molecule has 2 rings (SSSR count). The minimum atomic E-state index is -0.835. The summed E-state index contributed by atoms with van der Waals surface area (Å²) in [7, 11) is 3.63. The second-order valence-corrected chi connectivity index (χ2v) is 7.56. The van der Waals surface area contributed by atoms with Crippen molar-refractivity contribution in [3.05, 3.63) is 0 Å². The standard InChI is InChI=1S/C17H32N2O2/c1-17(18,16(20)21-3)8-4-5-9-19(2)12-15-11-13-6-7-14(15)10-13/h13-15H,4-12,18H2,1-3H3. The number of unbranched alkanes of at least 4 members (excludes halogenated alkanes) is 1. The summed E-state index contributed by atoms with van der Waals surface area (Å²) in [6.07, 6.45) is 8.66. The predicted octanol–water partition coefficient (Wildman–Crippen LogP) is 2.42. The van der Waals surface area contributed by atoms with Crippen LogP contribution in [0, 0.1) is 17.8 Å². The Morgan fingerprint density at radius 1 is 1.33 bits per heavy atom. The molecule has 4 atom stereocenters. The molecule has 21 heavy (non-hydrogen) atoms. The molecule has 0 amide bonds. The zero-order valence-electron chi connectivity index (χ0n) is 13.9. The van der Waals surface area contributed by atoms with Gasteiger partial charge in [0, 0.05) is 6.54 Å². The van der Waals surface area contributed by atoms with Crippen LogP contribution in [-0.2, 0) is 9.53 Å². The number of carbonyl (C=O) groups excluding carboxylic acids is 1. The smallest absolute Gasteiger partial charge is 0.325 e. The highest BCUT2D eigenvalue weighted by atomic mass is 16.5. The Morgan fingerprint density at radius 3 is 2.67 bits per heavy atom. The average Bonchev–Trinajstić information content (AvgIpc) is 3.05. The second kappa shape index (κ2) is 7.10. The van der Waals surface area contributed by atoms with E-state index in [0.717, 1.165) is 37.1 Å². The molecule has 2 bridgehead atoms. The normalized spacial score (nSPS) is 30.6. The number of ether oxygens (including phenoxy) is 1. The first kappa shape index (κ1) is 16.8. The zero-order valence-corrected chi connectivity index (χ0v) is 13.9. The van der Waals surface area contributed by atoms with E-state index >= 15 is 0 Å². The van der Waals surface area contributed by atoms with Crippen LogP contribution in [0.3, 0.4) is 0 Å². The molecule has 4 nitrogen and oxygen atoms in total. The van der Waals surface area contributed by atoms with E-state index in [2.05, 4.69) is 11.9 Å². The molecule has 2 aliphatic carbocycles. The molecular weight excluding hydrogens is 264 g/mol. The van der Waals surface area contributed by atoms with Gasteiger partial charge in [-0.25, -0.2) is 0 Å². The average molecular weight is 296 g/mol. The van der Waals surface area contributed by atoms with Crippen LogP contribution in [-0.4, -0.2) is 43.7 Å². The van der Waals surface area contributed by atoms with Crippen LogP contribution in [0.4, 0.5) is 0 Å². The molecular formula is C17H32N2O2. The van der Waals surface area contributed by atoms with E-state index < -0.39 is 5.54 Å². The molecule has 2 saturated carbocycles. The van der Waals surface area contributed by atoms with Crippen molar-refractivity contribution in [3.8, 4) is 0 Å². The first-order valence-electron chi connectivity index (χ1n) is 8.48. The fraction of sp³-hybridized carbons (Fsp3) is 0.941. The lowest BCUT2D eigenvalue weighted by Crippen LogP contribution is -2.45. The Hall–Kier alpha value is -0.610. The van der Waals surface area contributed by atoms with Gasteiger partial charge in [0.25, 0.3) is 0 Å². The van der Waals surface area contributed by atoms with Gasteiger partial charge in [0.15, 0.2) is 0 Å². The van der Waals surface area contributed by atoms with E-state index in [4.69, 9.17) is 10.5 Å². The van der Waals surface area contributed by atoms with Crippen LogP contribution in [0.25, 0.3) is 0 Å². The van der Waals surface area contributed by atoms with Gasteiger partial charge in [-0.2, -0.15) is 0 Å². The summed E-state index contributed by atoms with van der Waals surface area (Å²) in [4.78, 5) is 14.0. The molecule has 122 valence electrons. The number of nitrogens with two attached hydrogens (primary N) is 1. The van der Waals surface area contributed by atoms with Crippen molar-refractivity contribution < 1.29 is 9.53 Å². The number of hydrogen-bond donors (Lipinski definition) is 1. The van der Waals surface area contributed by atoms with Crippen molar-refractivity contribution in [2.75, 3.05) is 27.2 Å². The third-order valence-electron chi connectivity index (χ3n) is 5.57. The fourth-order valence-corrected chi connectivity index (χ4v) is 4.30. The lowest BCUT2D eigenvalue weighted by molar-refractivity contribution is -0.146. The van der Waals surface area contributed by atoms with Crippen molar-refractivity contribution in [1.29, 1.82) is 0 Å². The van der Waals surface area contributed by atoms with Crippen molar-refractivity contribution in [2.45, 2.75) is 57.4 Å². The molecule has 4 heteroatoms. The fourth-order valence-electron chi connectivity index (χ4n) is 4.30. The van der Waals surface area contributed by atoms with E-state index in [9.17, 15) is 4.79 Å². The van der Waals surface area contributed by atoms with Gasteiger partial charge in [-0.05, 0) is 76.8 Å². The highest BCUT2D eigenvalue weighted by Gasteiger charge is 2.39. The number of hydrogen-bond acceptors (Lipinski definition) is 4. The SMILES string of the molecule is COC(=O)C(C)(N)CCCCN(C)CC1CC2CCC1C2. The molecule has 2 fully saturated rings. The molecule has 0 saturated heterocycles. The topological polar surface area (TPSA) is 55.6 Å². The van der Waals surface area contributed by atoms with Crippen molar-refractivity contribution >= 4 is 5.97 Å².